The normalized spacial score (nSPS) is 13.0. The Morgan fingerprint density at radius 3 is 2.88 bits per heavy atom. The standard InChI is InChI=1S/C19H16FN3O2/c1-11-9-13(20)5-7-15(11)22-18(24)12-4-6-14-16(10-12)21-17-3-2-8-23(17)19(14)25/h4-7,9-10H,2-3,8H2,1H3,(H,22,24). The van der Waals surface area contributed by atoms with Gasteiger partial charge in [-0.3, -0.25) is 14.2 Å². The molecule has 0 saturated carbocycles. The van der Waals surface area contributed by atoms with Gasteiger partial charge < -0.3 is 5.32 Å². The second-order valence-electron chi connectivity index (χ2n) is 6.23. The minimum Gasteiger partial charge on any atom is -0.322 e. The summed E-state index contributed by atoms with van der Waals surface area (Å²) >= 11 is 0. The molecule has 0 saturated heterocycles. The lowest BCUT2D eigenvalue weighted by Crippen LogP contribution is -2.21. The first kappa shape index (κ1) is 15.5. The summed E-state index contributed by atoms with van der Waals surface area (Å²) in [5, 5.41) is 3.28. The van der Waals surface area contributed by atoms with Crippen molar-refractivity contribution in [3.8, 4) is 0 Å². The number of rotatable bonds is 2. The van der Waals surface area contributed by atoms with E-state index in [1.165, 1.54) is 18.2 Å². The molecule has 1 N–H and O–H groups in total. The summed E-state index contributed by atoms with van der Waals surface area (Å²) < 4.78 is 14.9. The molecule has 2 aromatic carbocycles. The van der Waals surface area contributed by atoms with Gasteiger partial charge in [0, 0.05) is 24.2 Å². The lowest BCUT2D eigenvalue weighted by atomic mass is 10.1. The predicted octanol–water partition coefficient (Wildman–Crippen LogP) is 3.04. The van der Waals surface area contributed by atoms with Crippen LogP contribution in [-0.2, 0) is 13.0 Å². The second kappa shape index (κ2) is 5.81. The van der Waals surface area contributed by atoms with Gasteiger partial charge in [0.25, 0.3) is 11.5 Å². The number of nitrogens with zero attached hydrogens (tertiary/aromatic N) is 2. The first-order chi connectivity index (χ1) is 12.0. The van der Waals surface area contributed by atoms with E-state index < -0.39 is 0 Å². The predicted molar refractivity (Wildman–Crippen MR) is 93.4 cm³/mol. The van der Waals surface area contributed by atoms with E-state index in [4.69, 9.17) is 0 Å². The Morgan fingerprint density at radius 2 is 2.08 bits per heavy atom. The summed E-state index contributed by atoms with van der Waals surface area (Å²) in [6, 6.07) is 9.08. The molecule has 6 heteroatoms. The summed E-state index contributed by atoms with van der Waals surface area (Å²) in [4.78, 5) is 29.5. The minimum atomic E-state index is -0.347. The van der Waals surface area contributed by atoms with Crippen LogP contribution >= 0.6 is 0 Å². The van der Waals surface area contributed by atoms with Crippen molar-refractivity contribution < 1.29 is 9.18 Å². The van der Waals surface area contributed by atoms with Crippen LogP contribution in [0.15, 0.2) is 41.2 Å². The van der Waals surface area contributed by atoms with Gasteiger partial charge >= 0.3 is 0 Å². The molecule has 1 aliphatic heterocycles. The number of fused-ring (bicyclic) bond motifs is 2. The Hall–Kier alpha value is -3.02. The van der Waals surface area contributed by atoms with Crippen LogP contribution in [0.5, 0.6) is 0 Å². The quantitative estimate of drug-likeness (QED) is 0.782. The Balaban J connectivity index is 1.70. The van der Waals surface area contributed by atoms with Crippen molar-refractivity contribution in [1.82, 2.24) is 9.55 Å². The second-order valence-corrected chi connectivity index (χ2v) is 6.23. The van der Waals surface area contributed by atoms with Gasteiger partial charge in [0.15, 0.2) is 0 Å². The number of anilines is 1. The molecule has 0 atom stereocenters. The van der Waals surface area contributed by atoms with Gasteiger partial charge in [-0.15, -0.1) is 0 Å². The van der Waals surface area contributed by atoms with Crippen molar-refractivity contribution in [2.24, 2.45) is 0 Å². The van der Waals surface area contributed by atoms with Gasteiger partial charge in [0.05, 0.1) is 10.9 Å². The highest BCUT2D eigenvalue weighted by molar-refractivity contribution is 6.06. The molecular weight excluding hydrogens is 321 g/mol. The van der Waals surface area contributed by atoms with E-state index in [1.54, 1.807) is 29.7 Å². The van der Waals surface area contributed by atoms with Crippen LogP contribution in [-0.4, -0.2) is 15.5 Å². The lowest BCUT2D eigenvalue weighted by molar-refractivity contribution is 0.102. The summed E-state index contributed by atoms with van der Waals surface area (Å²) in [6.07, 6.45) is 1.69. The van der Waals surface area contributed by atoms with Crippen LogP contribution in [0.25, 0.3) is 10.9 Å². The zero-order chi connectivity index (χ0) is 17.6. The van der Waals surface area contributed by atoms with Crippen LogP contribution in [0.3, 0.4) is 0 Å². The van der Waals surface area contributed by atoms with Gasteiger partial charge in [-0.2, -0.15) is 0 Å². The monoisotopic (exact) mass is 337 g/mol. The highest BCUT2D eigenvalue weighted by Gasteiger charge is 2.17. The van der Waals surface area contributed by atoms with E-state index >= 15 is 0 Å². The summed E-state index contributed by atoms with van der Waals surface area (Å²) in [5.41, 5.74) is 2.07. The third-order valence-corrected chi connectivity index (χ3v) is 4.52. The summed E-state index contributed by atoms with van der Waals surface area (Å²) in [5.74, 6) is 0.100. The molecule has 1 aliphatic rings. The van der Waals surface area contributed by atoms with Crippen molar-refractivity contribution in [3.05, 3.63) is 69.5 Å². The molecule has 4 rings (SSSR count). The van der Waals surface area contributed by atoms with Crippen LogP contribution in [0.2, 0.25) is 0 Å². The maximum atomic E-state index is 13.2. The topological polar surface area (TPSA) is 64.0 Å². The molecule has 126 valence electrons. The molecule has 0 spiro atoms. The van der Waals surface area contributed by atoms with Crippen LogP contribution < -0.4 is 10.9 Å². The number of nitrogens with one attached hydrogen (secondary N) is 1. The number of amides is 1. The van der Waals surface area contributed by atoms with Gasteiger partial charge in [-0.1, -0.05) is 0 Å². The molecule has 5 nitrogen and oxygen atoms in total. The van der Waals surface area contributed by atoms with Crippen molar-refractivity contribution in [2.45, 2.75) is 26.3 Å². The van der Waals surface area contributed by atoms with Crippen molar-refractivity contribution in [3.63, 3.8) is 0 Å². The van der Waals surface area contributed by atoms with Gasteiger partial charge in [0.2, 0.25) is 0 Å². The van der Waals surface area contributed by atoms with Gasteiger partial charge in [-0.25, -0.2) is 9.37 Å². The number of carbonyl (C=O) groups excluding carboxylic acids is 1. The Bertz CT molecular complexity index is 1070. The average molecular weight is 337 g/mol. The molecular formula is C19H16FN3O2. The van der Waals surface area contributed by atoms with E-state index in [2.05, 4.69) is 10.3 Å². The number of hydrogen-bond donors (Lipinski definition) is 1. The summed E-state index contributed by atoms with van der Waals surface area (Å²) in [7, 11) is 0. The maximum absolute atomic E-state index is 13.2. The maximum Gasteiger partial charge on any atom is 0.261 e. The van der Waals surface area contributed by atoms with E-state index in [0.29, 0.717) is 34.3 Å². The first-order valence-electron chi connectivity index (χ1n) is 8.14. The molecule has 1 aromatic heterocycles. The Labute approximate surface area is 143 Å². The lowest BCUT2D eigenvalue weighted by Gasteiger charge is -2.10. The molecule has 2 heterocycles. The number of carbonyl (C=O) groups is 1. The molecule has 25 heavy (non-hydrogen) atoms. The first-order valence-corrected chi connectivity index (χ1v) is 8.14. The fraction of sp³-hybridized carbons (Fsp3) is 0.211. The average Bonchev–Trinajstić information content (AvgIpc) is 3.05. The van der Waals surface area contributed by atoms with E-state index in [-0.39, 0.29) is 17.3 Å². The van der Waals surface area contributed by atoms with Crippen LogP contribution in [0.4, 0.5) is 10.1 Å². The van der Waals surface area contributed by atoms with Crippen molar-refractivity contribution >= 4 is 22.5 Å². The molecule has 3 aromatic rings. The van der Waals surface area contributed by atoms with E-state index in [0.717, 1.165) is 18.7 Å². The zero-order valence-electron chi connectivity index (χ0n) is 13.7. The van der Waals surface area contributed by atoms with Crippen LogP contribution in [0.1, 0.15) is 28.2 Å². The molecule has 1 amide bonds. The van der Waals surface area contributed by atoms with Gasteiger partial charge in [0.1, 0.15) is 11.6 Å². The number of benzene rings is 2. The molecule has 0 fully saturated rings. The van der Waals surface area contributed by atoms with Gasteiger partial charge in [-0.05, 0) is 55.3 Å². The third-order valence-electron chi connectivity index (χ3n) is 4.52. The SMILES string of the molecule is Cc1cc(F)ccc1NC(=O)c1ccc2c(=O)n3c(nc2c1)CCC3. The van der Waals surface area contributed by atoms with E-state index in [1.807, 2.05) is 0 Å². The Kier molecular flexibility index (Phi) is 3.60. The largest absolute Gasteiger partial charge is 0.322 e. The summed E-state index contributed by atoms with van der Waals surface area (Å²) in [6.45, 7) is 2.42. The molecule has 0 radical (unpaired) electrons. The smallest absolute Gasteiger partial charge is 0.261 e. The molecule has 0 unspecified atom stereocenters. The number of hydrogen-bond acceptors (Lipinski definition) is 3. The van der Waals surface area contributed by atoms with Crippen molar-refractivity contribution in [2.75, 3.05) is 5.32 Å². The highest BCUT2D eigenvalue weighted by atomic mass is 19.1. The molecule has 0 aliphatic carbocycles. The zero-order valence-corrected chi connectivity index (χ0v) is 13.7. The number of halogens is 1. The molecule has 0 bridgehead atoms. The fourth-order valence-electron chi connectivity index (χ4n) is 3.19. The third kappa shape index (κ3) is 2.69. The van der Waals surface area contributed by atoms with E-state index in [9.17, 15) is 14.0 Å². The minimum absolute atomic E-state index is 0.0566. The van der Waals surface area contributed by atoms with Crippen molar-refractivity contribution in [1.29, 1.82) is 0 Å². The Morgan fingerprint density at radius 1 is 1.24 bits per heavy atom. The number of aromatic nitrogens is 2. The highest BCUT2D eigenvalue weighted by Crippen LogP contribution is 2.19. The fourth-order valence-corrected chi connectivity index (χ4v) is 3.19. The number of aryl methyl sites for hydroxylation is 2. The van der Waals surface area contributed by atoms with Crippen LogP contribution in [0, 0.1) is 12.7 Å².